The van der Waals surface area contributed by atoms with E-state index in [0.717, 1.165) is 0 Å². The number of nitrogens with one attached hydrogen (secondary N) is 2. The summed E-state index contributed by atoms with van der Waals surface area (Å²) >= 11 is 0. The number of hydrogen-bond acceptors (Lipinski definition) is 1. The number of amides is 1. The third-order valence-electron chi connectivity index (χ3n) is 2.46. The molecule has 0 radical (unpaired) electrons. The van der Waals surface area contributed by atoms with Crippen molar-refractivity contribution in [2.24, 2.45) is 0 Å². The fourth-order valence-corrected chi connectivity index (χ4v) is 1.48. The van der Waals surface area contributed by atoms with Gasteiger partial charge in [0.1, 0.15) is 0 Å². The van der Waals surface area contributed by atoms with Crippen molar-refractivity contribution in [2.75, 3.05) is 0 Å². The molecule has 2 N–H and O–H groups in total. The van der Waals surface area contributed by atoms with Gasteiger partial charge in [-0.2, -0.15) is 0 Å². The Balaban J connectivity index is 2.20. The molecule has 1 aromatic heterocycles. The highest BCUT2D eigenvalue weighted by Crippen LogP contribution is 2.18. The topological polar surface area (TPSA) is 44.9 Å². The van der Waals surface area contributed by atoms with Crippen LogP contribution < -0.4 is 5.32 Å². The molecule has 1 amide bonds. The third kappa shape index (κ3) is 2.59. The Morgan fingerprint density at radius 3 is 2.53 bits per heavy atom. The molecule has 100 valence electrons. The largest absolute Gasteiger partial charge is 0.367 e. The molecule has 0 bridgehead atoms. The van der Waals surface area contributed by atoms with E-state index in [1.54, 1.807) is 18.5 Å². The van der Waals surface area contributed by atoms with E-state index in [1.807, 2.05) is 0 Å². The summed E-state index contributed by atoms with van der Waals surface area (Å²) in [6, 6.07) is 1.97. The van der Waals surface area contributed by atoms with E-state index in [9.17, 15) is 22.4 Å². The van der Waals surface area contributed by atoms with Crippen molar-refractivity contribution >= 4 is 5.91 Å². The van der Waals surface area contributed by atoms with Crippen molar-refractivity contribution in [3.63, 3.8) is 0 Å². The minimum absolute atomic E-state index is 0.0440. The van der Waals surface area contributed by atoms with Crippen LogP contribution in [0.15, 0.2) is 24.5 Å². The van der Waals surface area contributed by atoms with Crippen molar-refractivity contribution in [1.82, 2.24) is 10.3 Å². The quantitative estimate of drug-likeness (QED) is 0.503. The van der Waals surface area contributed by atoms with Gasteiger partial charge in [0.25, 0.3) is 5.91 Å². The molecule has 0 unspecified atom stereocenters. The van der Waals surface area contributed by atoms with Gasteiger partial charge in [-0.05, 0) is 17.7 Å². The predicted molar refractivity (Wildman–Crippen MR) is 58.2 cm³/mol. The van der Waals surface area contributed by atoms with E-state index in [-0.39, 0.29) is 6.54 Å². The normalized spacial score (nSPS) is 10.5. The molecule has 7 heteroatoms. The number of benzene rings is 1. The lowest BCUT2D eigenvalue weighted by atomic mass is 10.1. The maximum atomic E-state index is 13.3. The predicted octanol–water partition coefficient (Wildman–Crippen LogP) is 2.50. The SMILES string of the molecule is O=C(NCc1cc[nH]c1)c1cc(F)c(F)c(F)c1F. The summed E-state index contributed by atoms with van der Waals surface area (Å²) in [5.41, 5.74) is -0.191. The van der Waals surface area contributed by atoms with Crippen LogP contribution in [-0.2, 0) is 6.54 Å². The summed E-state index contributed by atoms with van der Waals surface area (Å²) in [6.45, 7) is 0.0440. The lowest BCUT2D eigenvalue weighted by Gasteiger charge is -2.06. The maximum absolute atomic E-state index is 13.3. The number of carbonyl (C=O) groups is 1. The molecular weight excluding hydrogens is 264 g/mol. The van der Waals surface area contributed by atoms with Gasteiger partial charge in [-0.15, -0.1) is 0 Å². The highest BCUT2D eigenvalue weighted by Gasteiger charge is 2.22. The molecule has 1 aromatic carbocycles. The Morgan fingerprint density at radius 2 is 1.89 bits per heavy atom. The van der Waals surface area contributed by atoms with Crippen LogP contribution in [0.25, 0.3) is 0 Å². The number of rotatable bonds is 3. The highest BCUT2D eigenvalue weighted by molar-refractivity contribution is 5.94. The number of halogens is 4. The van der Waals surface area contributed by atoms with Crippen molar-refractivity contribution in [2.45, 2.75) is 6.54 Å². The Hall–Kier alpha value is -2.31. The summed E-state index contributed by atoms with van der Waals surface area (Å²) in [5, 5.41) is 2.26. The van der Waals surface area contributed by atoms with Crippen molar-refractivity contribution in [1.29, 1.82) is 0 Å². The minimum Gasteiger partial charge on any atom is -0.367 e. The summed E-state index contributed by atoms with van der Waals surface area (Å²) in [5.74, 6) is -8.32. The van der Waals surface area contributed by atoms with Crippen molar-refractivity contribution in [3.8, 4) is 0 Å². The fraction of sp³-hybridized carbons (Fsp3) is 0.0833. The summed E-state index contributed by atoms with van der Waals surface area (Å²) in [7, 11) is 0. The molecule has 0 aliphatic carbocycles. The minimum atomic E-state index is -2.01. The number of hydrogen-bond donors (Lipinski definition) is 2. The van der Waals surface area contributed by atoms with Crippen LogP contribution >= 0.6 is 0 Å². The number of aromatic amines is 1. The van der Waals surface area contributed by atoms with Crippen LogP contribution in [0, 0.1) is 23.3 Å². The van der Waals surface area contributed by atoms with Gasteiger partial charge in [-0.3, -0.25) is 4.79 Å². The number of H-pyrrole nitrogens is 1. The first-order valence-electron chi connectivity index (χ1n) is 5.23. The zero-order valence-electron chi connectivity index (χ0n) is 9.44. The Morgan fingerprint density at radius 1 is 1.16 bits per heavy atom. The van der Waals surface area contributed by atoms with Crippen LogP contribution in [0.1, 0.15) is 15.9 Å². The average Bonchev–Trinajstić information content (AvgIpc) is 2.91. The van der Waals surface area contributed by atoms with E-state index in [0.29, 0.717) is 11.6 Å². The molecule has 2 aromatic rings. The van der Waals surface area contributed by atoms with E-state index < -0.39 is 34.7 Å². The Labute approximate surface area is 105 Å². The van der Waals surface area contributed by atoms with Gasteiger partial charge < -0.3 is 10.3 Å². The second kappa shape index (κ2) is 5.13. The monoisotopic (exact) mass is 272 g/mol. The zero-order chi connectivity index (χ0) is 14.0. The summed E-state index contributed by atoms with van der Waals surface area (Å²) < 4.78 is 51.9. The lowest BCUT2D eigenvalue weighted by molar-refractivity contribution is 0.0945. The molecule has 0 spiro atoms. The fourth-order valence-electron chi connectivity index (χ4n) is 1.48. The molecule has 0 fully saturated rings. The molecule has 0 saturated heterocycles. The van der Waals surface area contributed by atoms with Gasteiger partial charge >= 0.3 is 0 Å². The van der Waals surface area contributed by atoms with Gasteiger partial charge in [0, 0.05) is 18.9 Å². The second-order valence-electron chi connectivity index (χ2n) is 3.75. The molecular formula is C12H8F4N2O. The van der Waals surface area contributed by atoms with Crippen LogP contribution in [0.3, 0.4) is 0 Å². The van der Waals surface area contributed by atoms with Crippen LogP contribution in [0.5, 0.6) is 0 Å². The molecule has 2 rings (SSSR count). The first-order valence-corrected chi connectivity index (χ1v) is 5.23. The first kappa shape index (κ1) is 13.1. The Bertz CT molecular complexity index is 611. The maximum Gasteiger partial charge on any atom is 0.254 e. The number of carbonyl (C=O) groups excluding carboxylic acids is 1. The van der Waals surface area contributed by atoms with Crippen molar-refractivity contribution in [3.05, 3.63) is 58.9 Å². The first-order chi connectivity index (χ1) is 9.00. The standard InChI is InChI=1S/C12H8F4N2O/c13-8-3-7(9(14)11(16)10(8)15)12(19)18-5-6-1-2-17-4-6/h1-4,17H,5H2,(H,18,19). The van der Waals surface area contributed by atoms with Crippen LogP contribution in [0.4, 0.5) is 17.6 Å². The second-order valence-corrected chi connectivity index (χ2v) is 3.75. The number of aromatic nitrogens is 1. The average molecular weight is 272 g/mol. The van der Waals surface area contributed by atoms with Crippen LogP contribution in [0.2, 0.25) is 0 Å². The molecule has 1 heterocycles. The van der Waals surface area contributed by atoms with Gasteiger partial charge in [-0.25, -0.2) is 17.6 Å². The molecule has 0 saturated carbocycles. The molecule has 19 heavy (non-hydrogen) atoms. The van der Waals surface area contributed by atoms with E-state index in [2.05, 4.69) is 10.3 Å². The Kier molecular flexibility index (Phi) is 3.55. The van der Waals surface area contributed by atoms with Gasteiger partial charge in [-0.1, -0.05) is 0 Å². The van der Waals surface area contributed by atoms with Gasteiger partial charge in [0.2, 0.25) is 0 Å². The zero-order valence-corrected chi connectivity index (χ0v) is 9.44. The van der Waals surface area contributed by atoms with Gasteiger partial charge in [0.05, 0.1) is 5.56 Å². The molecule has 0 atom stereocenters. The van der Waals surface area contributed by atoms with Crippen molar-refractivity contribution < 1.29 is 22.4 Å². The summed E-state index contributed by atoms with van der Waals surface area (Å²) in [6.07, 6.45) is 3.20. The molecule has 0 aliphatic rings. The van der Waals surface area contributed by atoms with E-state index in [1.165, 1.54) is 0 Å². The smallest absolute Gasteiger partial charge is 0.254 e. The molecule has 0 aliphatic heterocycles. The summed E-state index contributed by atoms with van der Waals surface area (Å²) in [4.78, 5) is 14.3. The lowest BCUT2D eigenvalue weighted by Crippen LogP contribution is -2.24. The van der Waals surface area contributed by atoms with Gasteiger partial charge in [0.15, 0.2) is 23.3 Å². The molecule has 3 nitrogen and oxygen atoms in total. The van der Waals surface area contributed by atoms with Crippen LogP contribution in [-0.4, -0.2) is 10.9 Å². The highest BCUT2D eigenvalue weighted by atomic mass is 19.2. The third-order valence-corrected chi connectivity index (χ3v) is 2.46. The van der Waals surface area contributed by atoms with E-state index in [4.69, 9.17) is 0 Å². The van der Waals surface area contributed by atoms with E-state index >= 15 is 0 Å².